The number of aromatic nitrogens is 1. The molecule has 0 bridgehead atoms. The molecule has 4 nitrogen and oxygen atoms in total. The van der Waals surface area contributed by atoms with Crippen LogP contribution in [-0.4, -0.2) is 11.3 Å². The van der Waals surface area contributed by atoms with Gasteiger partial charge in [-0.25, -0.2) is 4.98 Å². The maximum atomic E-state index is 12.0. The lowest BCUT2D eigenvalue weighted by molar-refractivity contribution is -0.276. The van der Waals surface area contributed by atoms with Crippen molar-refractivity contribution in [3.05, 3.63) is 21.8 Å². The van der Waals surface area contributed by atoms with Gasteiger partial charge in [0.25, 0.3) is 0 Å². The lowest BCUT2D eigenvalue weighted by atomic mass is 10.2. The number of nitrogens with two attached hydrogens (primary N) is 1. The van der Waals surface area contributed by atoms with Gasteiger partial charge in [-0.05, 0) is 22.0 Å². The smallest absolute Gasteiger partial charge is 0.386 e. The third-order valence-electron chi connectivity index (χ3n) is 1.57. The second-order valence-corrected chi connectivity index (χ2v) is 3.41. The molecule has 0 aromatic carbocycles. The zero-order valence-corrected chi connectivity index (χ0v) is 9.26. The van der Waals surface area contributed by atoms with Crippen LogP contribution in [0.5, 0.6) is 5.88 Å². The number of ether oxygens (including phenoxy) is 1. The number of hydrogen-bond acceptors (Lipinski definition) is 4. The van der Waals surface area contributed by atoms with Crippen molar-refractivity contribution >= 4 is 15.9 Å². The van der Waals surface area contributed by atoms with E-state index in [0.717, 1.165) is 0 Å². The molecule has 1 aromatic heterocycles. The van der Waals surface area contributed by atoms with Crippen LogP contribution in [0.2, 0.25) is 0 Å². The standard InChI is InChI=1S/C8H5BrF3N3O/c9-6-4(2-13)1-5(3-14)7(15-6)16-8(10,11)12/h1H,2,13H2. The van der Waals surface area contributed by atoms with E-state index in [1.54, 1.807) is 6.07 Å². The zero-order chi connectivity index (χ0) is 12.3. The fourth-order valence-corrected chi connectivity index (χ4v) is 1.36. The quantitative estimate of drug-likeness (QED) is 0.848. The molecular formula is C8H5BrF3N3O. The highest BCUT2D eigenvalue weighted by Crippen LogP contribution is 2.27. The monoisotopic (exact) mass is 295 g/mol. The summed E-state index contributed by atoms with van der Waals surface area (Å²) < 4.78 is 39.6. The van der Waals surface area contributed by atoms with E-state index >= 15 is 0 Å². The van der Waals surface area contributed by atoms with Crippen LogP contribution >= 0.6 is 15.9 Å². The van der Waals surface area contributed by atoms with Crippen molar-refractivity contribution in [3.63, 3.8) is 0 Å². The van der Waals surface area contributed by atoms with Crippen molar-refractivity contribution in [2.75, 3.05) is 0 Å². The molecule has 0 aliphatic heterocycles. The second kappa shape index (κ2) is 4.67. The van der Waals surface area contributed by atoms with Gasteiger partial charge < -0.3 is 10.5 Å². The lowest BCUT2D eigenvalue weighted by Gasteiger charge is -2.10. The molecule has 0 aliphatic rings. The minimum atomic E-state index is -4.89. The second-order valence-electron chi connectivity index (χ2n) is 2.65. The molecule has 2 N–H and O–H groups in total. The molecule has 1 aromatic rings. The fraction of sp³-hybridized carbons (Fsp3) is 0.250. The molecule has 1 rings (SSSR count). The van der Waals surface area contributed by atoms with Gasteiger partial charge in [-0.2, -0.15) is 5.26 Å². The number of rotatable bonds is 2. The van der Waals surface area contributed by atoms with Gasteiger partial charge in [0.05, 0.1) is 0 Å². The van der Waals surface area contributed by atoms with Gasteiger partial charge in [-0.3, -0.25) is 0 Å². The molecule has 0 fully saturated rings. The summed E-state index contributed by atoms with van der Waals surface area (Å²) in [6, 6.07) is 2.75. The van der Waals surface area contributed by atoms with Crippen LogP contribution in [0.15, 0.2) is 10.7 Å². The van der Waals surface area contributed by atoms with Crippen molar-refractivity contribution in [1.82, 2.24) is 4.98 Å². The Balaban J connectivity index is 3.20. The van der Waals surface area contributed by atoms with Gasteiger partial charge in [0.2, 0.25) is 5.88 Å². The number of nitriles is 1. The first-order chi connectivity index (χ1) is 7.37. The Morgan fingerprint density at radius 1 is 1.56 bits per heavy atom. The Bertz CT molecular complexity index is 441. The Kier molecular flexibility index (Phi) is 3.72. The predicted molar refractivity (Wildman–Crippen MR) is 51.2 cm³/mol. The highest BCUT2D eigenvalue weighted by molar-refractivity contribution is 9.10. The summed E-state index contributed by atoms with van der Waals surface area (Å²) in [5.74, 6) is -0.793. The highest BCUT2D eigenvalue weighted by Gasteiger charge is 2.33. The summed E-state index contributed by atoms with van der Waals surface area (Å²) in [7, 11) is 0. The summed E-state index contributed by atoms with van der Waals surface area (Å²) in [6.07, 6.45) is -4.89. The summed E-state index contributed by atoms with van der Waals surface area (Å²) in [5.41, 5.74) is 5.41. The van der Waals surface area contributed by atoms with Crippen LogP contribution in [0.3, 0.4) is 0 Å². The van der Waals surface area contributed by atoms with Crippen molar-refractivity contribution < 1.29 is 17.9 Å². The zero-order valence-electron chi connectivity index (χ0n) is 7.68. The molecular weight excluding hydrogens is 291 g/mol. The van der Waals surface area contributed by atoms with Gasteiger partial charge in [0.15, 0.2) is 0 Å². The topological polar surface area (TPSA) is 71.9 Å². The third-order valence-corrected chi connectivity index (χ3v) is 2.25. The summed E-state index contributed by atoms with van der Waals surface area (Å²) in [4.78, 5) is 3.47. The van der Waals surface area contributed by atoms with Gasteiger partial charge in [-0.15, -0.1) is 13.2 Å². The van der Waals surface area contributed by atoms with Gasteiger partial charge in [-0.1, -0.05) is 0 Å². The molecule has 0 saturated carbocycles. The van der Waals surface area contributed by atoms with Crippen LogP contribution in [-0.2, 0) is 6.54 Å². The first-order valence-electron chi connectivity index (χ1n) is 3.92. The van der Waals surface area contributed by atoms with Gasteiger partial charge in [0.1, 0.15) is 16.2 Å². The first-order valence-corrected chi connectivity index (χ1v) is 4.72. The number of nitrogens with zero attached hydrogens (tertiary/aromatic N) is 2. The van der Waals surface area contributed by atoms with E-state index < -0.39 is 12.2 Å². The Labute approximate surface area is 97.0 Å². The number of pyridine rings is 1. The number of hydrogen-bond donors (Lipinski definition) is 1. The average Bonchev–Trinajstić information content (AvgIpc) is 2.16. The van der Waals surface area contributed by atoms with Crippen LogP contribution in [0.25, 0.3) is 0 Å². The summed E-state index contributed by atoms with van der Waals surface area (Å²) in [5, 5.41) is 8.63. The molecule has 0 unspecified atom stereocenters. The normalized spacial score (nSPS) is 11.0. The minimum absolute atomic E-state index is 0.0502. The van der Waals surface area contributed by atoms with E-state index in [4.69, 9.17) is 11.0 Å². The minimum Gasteiger partial charge on any atom is -0.386 e. The molecule has 16 heavy (non-hydrogen) atoms. The molecule has 8 heteroatoms. The Morgan fingerprint density at radius 3 is 2.62 bits per heavy atom. The molecule has 0 amide bonds. The molecule has 0 spiro atoms. The van der Waals surface area contributed by atoms with Crippen LogP contribution in [0.4, 0.5) is 13.2 Å². The molecule has 86 valence electrons. The molecule has 0 aliphatic carbocycles. The fourth-order valence-electron chi connectivity index (χ4n) is 0.927. The molecule has 0 saturated heterocycles. The van der Waals surface area contributed by atoms with Crippen molar-refractivity contribution in [2.24, 2.45) is 5.73 Å². The highest BCUT2D eigenvalue weighted by atomic mass is 79.9. The Hall–Kier alpha value is -1.33. The van der Waals surface area contributed by atoms with E-state index in [0.29, 0.717) is 5.56 Å². The summed E-state index contributed by atoms with van der Waals surface area (Å²) in [6.45, 7) is 0.0502. The SMILES string of the molecule is N#Cc1cc(CN)c(Br)nc1OC(F)(F)F. The van der Waals surface area contributed by atoms with E-state index in [2.05, 4.69) is 25.7 Å². The van der Waals surface area contributed by atoms with E-state index in [-0.39, 0.29) is 16.7 Å². The number of alkyl halides is 3. The van der Waals surface area contributed by atoms with Crippen LogP contribution in [0.1, 0.15) is 11.1 Å². The van der Waals surface area contributed by atoms with Gasteiger partial charge >= 0.3 is 6.36 Å². The van der Waals surface area contributed by atoms with Crippen molar-refractivity contribution in [3.8, 4) is 11.9 Å². The van der Waals surface area contributed by atoms with Crippen LogP contribution in [0, 0.1) is 11.3 Å². The molecule has 0 radical (unpaired) electrons. The summed E-state index contributed by atoms with van der Waals surface area (Å²) >= 11 is 2.93. The maximum absolute atomic E-state index is 12.0. The van der Waals surface area contributed by atoms with E-state index in [1.165, 1.54) is 6.07 Å². The maximum Gasteiger partial charge on any atom is 0.574 e. The van der Waals surface area contributed by atoms with E-state index in [1.807, 2.05) is 0 Å². The van der Waals surface area contributed by atoms with Gasteiger partial charge in [0, 0.05) is 12.1 Å². The first kappa shape index (κ1) is 12.7. The Morgan fingerprint density at radius 2 is 2.19 bits per heavy atom. The van der Waals surface area contributed by atoms with Crippen molar-refractivity contribution in [2.45, 2.75) is 12.9 Å². The number of halogens is 4. The molecule has 0 atom stereocenters. The third kappa shape index (κ3) is 3.08. The van der Waals surface area contributed by atoms with Crippen molar-refractivity contribution in [1.29, 1.82) is 5.26 Å². The average molecular weight is 296 g/mol. The van der Waals surface area contributed by atoms with Crippen LogP contribution < -0.4 is 10.5 Å². The molecule has 1 heterocycles. The lowest BCUT2D eigenvalue weighted by Crippen LogP contribution is -2.19. The predicted octanol–water partition coefficient (Wildman–Crippen LogP) is 2.07. The largest absolute Gasteiger partial charge is 0.574 e. The van der Waals surface area contributed by atoms with E-state index in [9.17, 15) is 13.2 Å².